The molecule has 1 aliphatic rings. The zero-order valence-corrected chi connectivity index (χ0v) is 21.9. The molecule has 2 N–H and O–H groups in total. The largest absolute Gasteiger partial charge is 0.438 e. The number of aliphatic hydroxyl groups is 1. The number of nitrogens with zero attached hydrogens (tertiary/aromatic N) is 2. The van der Waals surface area contributed by atoms with Gasteiger partial charge in [0.15, 0.2) is 0 Å². The molecule has 0 saturated carbocycles. The fraction of sp³-hybridized carbons (Fsp3) is 0.367. The maximum atomic E-state index is 13.3. The Kier molecular flexibility index (Phi) is 7.64. The number of hydrogen-bond donors (Lipinski definition) is 2. The number of cyclic esters (lactones) is 1. The lowest BCUT2D eigenvalue weighted by Crippen LogP contribution is -2.51. The van der Waals surface area contributed by atoms with Crippen molar-refractivity contribution in [1.82, 2.24) is 15.2 Å². The summed E-state index contributed by atoms with van der Waals surface area (Å²) in [6.07, 6.45) is 3.79. The molecule has 3 aromatic rings. The first-order chi connectivity index (χ1) is 17.6. The molecule has 2 heterocycles. The first-order valence-electron chi connectivity index (χ1n) is 12.7. The Morgan fingerprint density at radius 1 is 1.14 bits per heavy atom. The molecule has 1 aliphatic heterocycles. The first kappa shape index (κ1) is 26.4. The highest BCUT2D eigenvalue weighted by atomic mass is 16.6. The number of hydrogen-bond acceptors (Lipinski definition) is 5. The van der Waals surface area contributed by atoms with Crippen LogP contribution in [-0.2, 0) is 10.3 Å². The Labute approximate surface area is 218 Å². The van der Waals surface area contributed by atoms with Gasteiger partial charge in [0.2, 0.25) is 0 Å². The summed E-state index contributed by atoms with van der Waals surface area (Å²) in [5.41, 5.74) is 2.29. The van der Waals surface area contributed by atoms with Crippen LogP contribution < -0.4 is 5.32 Å². The monoisotopic (exact) mass is 501 g/mol. The van der Waals surface area contributed by atoms with Crippen molar-refractivity contribution in [3.63, 3.8) is 0 Å². The van der Waals surface area contributed by atoms with E-state index in [1.54, 1.807) is 31.1 Å². The molecule has 1 saturated heterocycles. The topological polar surface area (TPSA) is 91.8 Å². The number of nitrogens with one attached hydrogen (secondary N) is 1. The number of ether oxygens (including phenoxy) is 1. The maximum Gasteiger partial charge on any atom is 0.411 e. The SMILES string of the molecule is CCNC(=O)c1cncc(-c2ccc([C@H](C)N3CC[C@](CC(C)(C)O)(c4ccccc4)OC3=O)cc2)c1. The van der Waals surface area contributed by atoms with Crippen molar-refractivity contribution in [2.45, 2.75) is 57.8 Å². The number of aromatic nitrogens is 1. The van der Waals surface area contributed by atoms with Gasteiger partial charge < -0.3 is 20.1 Å². The molecule has 4 rings (SSSR count). The molecule has 0 bridgehead atoms. The summed E-state index contributed by atoms with van der Waals surface area (Å²) in [6, 6.07) is 19.2. The lowest BCUT2D eigenvalue weighted by atomic mass is 9.80. The van der Waals surface area contributed by atoms with E-state index >= 15 is 0 Å². The van der Waals surface area contributed by atoms with Gasteiger partial charge in [0.25, 0.3) is 5.91 Å². The van der Waals surface area contributed by atoms with Crippen molar-refractivity contribution in [1.29, 1.82) is 0 Å². The summed E-state index contributed by atoms with van der Waals surface area (Å²) in [7, 11) is 0. The Balaban J connectivity index is 1.51. The summed E-state index contributed by atoms with van der Waals surface area (Å²) in [5.74, 6) is -0.151. The van der Waals surface area contributed by atoms with Gasteiger partial charge >= 0.3 is 6.09 Å². The quantitative estimate of drug-likeness (QED) is 0.428. The molecule has 7 heteroatoms. The van der Waals surface area contributed by atoms with Gasteiger partial charge in [-0.25, -0.2) is 4.79 Å². The van der Waals surface area contributed by atoms with Crippen molar-refractivity contribution in [3.8, 4) is 11.1 Å². The van der Waals surface area contributed by atoms with E-state index in [-0.39, 0.29) is 11.9 Å². The minimum absolute atomic E-state index is 0.151. The third-order valence-corrected chi connectivity index (χ3v) is 6.82. The second-order valence-electron chi connectivity index (χ2n) is 10.3. The molecule has 2 aromatic carbocycles. The van der Waals surface area contributed by atoms with Gasteiger partial charge in [-0.2, -0.15) is 0 Å². The molecule has 2 amide bonds. The smallest absolute Gasteiger partial charge is 0.411 e. The van der Waals surface area contributed by atoms with Gasteiger partial charge in [0.1, 0.15) is 5.60 Å². The Morgan fingerprint density at radius 2 is 1.84 bits per heavy atom. The Hall–Kier alpha value is -3.71. The zero-order chi connectivity index (χ0) is 26.6. The zero-order valence-electron chi connectivity index (χ0n) is 21.9. The van der Waals surface area contributed by atoms with Crippen molar-refractivity contribution >= 4 is 12.0 Å². The van der Waals surface area contributed by atoms with Crippen LogP contribution in [0.3, 0.4) is 0 Å². The third kappa shape index (κ3) is 6.00. The van der Waals surface area contributed by atoms with Crippen LogP contribution in [0.5, 0.6) is 0 Å². The van der Waals surface area contributed by atoms with Crippen molar-refractivity contribution in [2.24, 2.45) is 0 Å². The summed E-state index contributed by atoms with van der Waals surface area (Å²) < 4.78 is 6.12. The summed E-state index contributed by atoms with van der Waals surface area (Å²) in [4.78, 5) is 31.4. The minimum Gasteiger partial charge on any atom is -0.438 e. The van der Waals surface area contributed by atoms with Gasteiger partial charge in [-0.3, -0.25) is 9.78 Å². The number of carbonyl (C=O) groups excluding carboxylic acids is 2. The molecule has 1 aromatic heterocycles. The lowest BCUT2D eigenvalue weighted by Gasteiger charge is -2.45. The molecule has 1 fully saturated rings. The van der Waals surface area contributed by atoms with E-state index in [0.29, 0.717) is 31.5 Å². The van der Waals surface area contributed by atoms with Crippen LogP contribution in [0.1, 0.15) is 68.1 Å². The Morgan fingerprint density at radius 3 is 2.46 bits per heavy atom. The van der Waals surface area contributed by atoms with E-state index in [9.17, 15) is 14.7 Å². The van der Waals surface area contributed by atoms with Gasteiger partial charge in [0.05, 0.1) is 17.2 Å². The average molecular weight is 502 g/mol. The van der Waals surface area contributed by atoms with E-state index in [1.165, 1.54) is 0 Å². The van der Waals surface area contributed by atoms with E-state index in [4.69, 9.17) is 4.74 Å². The second-order valence-corrected chi connectivity index (χ2v) is 10.3. The van der Waals surface area contributed by atoms with Crippen LogP contribution in [0.4, 0.5) is 4.79 Å². The van der Waals surface area contributed by atoms with E-state index in [2.05, 4.69) is 10.3 Å². The lowest BCUT2D eigenvalue weighted by molar-refractivity contribution is -0.101. The number of amides is 2. The van der Waals surface area contributed by atoms with Gasteiger partial charge in [-0.1, -0.05) is 54.6 Å². The molecular formula is C30H35N3O4. The second kappa shape index (κ2) is 10.7. The van der Waals surface area contributed by atoms with Crippen LogP contribution in [0, 0.1) is 0 Å². The van der Waals surface area contributed by atoms with Crippen LogP contribution in [0.2, 0.25) is 0 Å². The van der Waals surface area contributed by atoms with Crippen LogP contribution >= 0.6 is 0 Å². The molecule has 2 atom stereocenters. The average Bonchev–Trinajstić information content (AvgIpc) is 2.88. The predicted molar refractivity (Wildman–Crippen MR) is 143 cm³/mol. The fourth-order valence-corrected chi connectivity index (χ4v) is 5.01. The fourth-order valence-electron chi connectivity index (χ4n) is 5.01. The van der Waals surface area contributed by atoms with E-state index in [0.717, 1.165) is 22.3 Å². The van der Waals surface area contributed by atoms with Gasteiger partial charge in [-0.15, -0.1) is 0 Å². The molecule has 0 radical (unpaired) electrons. The predicted octanol–water partition coefficient (Wildman–Crippen LogP) is 5.46. The molecule has 0 aliphatic carbocycles. The number of rotatable bonds is 8. The van der Waals surface area contributed by atoms with Crippen LogP contribution in [-0.4, -0.2) is 45.7 Å². The molecule has 0 spiro atoms. The number of carbonyl (C=O) groups is 2. The normalized spacial score (nSPS) is 18.7. The molecule has 37 heavy (non-hydrogen) atoms. The van der Waals surface area contributed by atoms with Crippen LogP contribution in [0.15, 0.2) is 73.1 Å². The van der Waals surface area contributed by atoms with E-state index in [1.807, 2.05) is 74.5 Å². The number of benzene rings is 2. The summed E-state index contributed by atoms with van der Waals surface area (Å²) >= 11 is 0. The van der Waals surface area contributed by atoms with Crippen LogP contribution in [0.25, 0.3) is 11.1 Å². The third-order valence-electron chi connectivity index (χ3n) is 6.82. The molecule has 0 unspecified atom stereocenters. The van der Waals surface area contributed by atoms with Crippen molar-refractivity contribution in [3.05, 3.63) is 89.7 Å². The number of pyridine rings is 1. The standard InChI is InChI=1S/C30H35N3O4/c1-5-32-27(34)25-17-24(18-31-19-25)23-13-11-22(12-14-23)21(2)33-16-15-30(37-28(33)35,20-29(3,4)36)26-9-7-6-8-10-26/h6-14,17-19,21,36H,5,15-16,20H2,1-4H3,(H,32,34)/t21-,30-/m0/s1. The van der Waals surface area contributed by atoms with Gasteiger partial charge in [0, 0.05) is 43.9 Å². The van der Waals surface area contributed by atoms with Gasteiger partial charge in [-0.05, 0) is 50.5 Å². The molecular weight excluding hydrogens is 466 g/mol. The highest BCUT2D eigenvalue weighted by Crippen LogP contribution is 2.42. The maximum absolute atomic E-state index is 13.3. The highest BCUT2D eigenvalue weighted by molar-refractivity contribution is 5.95. The molecule has 194 valence electrons. The molecule has 7 nitrogen and oxygen atoms in total. The Bertz CT molecular complexity index is 1240. The minimum atomic E-state index is -0.997. The van der Waals surface area contributed by atoms with Crippen molar-refractivity contribution < 1.29 is 19.4 Å². The summed E-state index contributed by atoms with van der Waals surface area (Å²) in [6.45, 7) is 8.40. The first-order valence-corrected chi connectivity index (χ1v) is 12.7. The van der Waals surface area contributed by atoms with Crippen molar-refractivity contribution in [2.75, 3.05) is 13.1 Å². The van der Waals surface area contributed by atoms with E-state index < -0.39 is 17.3 Å². The summed E-state index contributed by atoms with van der Waals surface area (Å²) in [5, 5.41) is 13.4. The highest BCUT2D eigenvalue weighted by Gasteiger charge is 2.46.